The first-order chi connectivity index (χ1) is 9.96. The molecule has 1 atom stereocenters. The summed E-state index contributed by atoms with van der Waals surface area (Å²) in [5.41, 5.74) is 0.251. The van der Waals surface area contributed by atoms with Crippen LogP contribution in [0.1, 0.15) is 19.8 Å². The summed E-state index contributed by atoms with van der Waals surface area (Å²) in [7, 11) is -4.58. The normalized spacial score (nSPS) is 20.1. The van der Waals surface area contributed by atoms with E-state index in [0.717, 1.165) is 25.9 Å². The number of nitrogens with zero attached hydrogens (tertiary/aromatic N) is 1. The first-order valence-electron chi connectivity index (χ1n) is 7.05. The highest BCUT2D eigenvalue weighted by Gasteiger charge is 2.29. The molecule has 0 saturated carbocycles. The molecule has 1 aliphatic heterocycles. The average Bonchev–Trinajstić information content (AvgIpc) is 2.92. The maximum absolute atomic E-state index is 12.7. The minimum atomic E-state index is -4.58. The van der Waals surface area contributed by atoms with E-state index in [1.165, 1.54) is 18.2 Å². The molecule has 118 valence electrons. The third kappa shape index (κ3) is 3.52. The van der Waals surface area contributed by atoms with E-state index in [-0.39, 0.29) is 10.6 Å². The monoisotopic (exact) mass is 318 g/mol. The molecule has 4 nitrogen and oxygen atoms in total. The Bertz CT molecular complexity index is 578. The lowest BCUT2D eigenvalue weighted by molar-refractivity contribution is 0.235. The second kappa shape index (κ2) is 6.70. The fourth-order valence-corrected chi connectivity index (χ4v) is 3.63. The van der Waals surface area contributed by atoms with Crippen molar-refractivity contribution in [2.75, 3.05) is 25.0 Å². The molecule has 0 amide bonds. The zero-order valence-corrected chi connectivity index (χ0v) is 12.7. The minimum absolute atomic E-state index is 0.251. The largest absolute Gasteiger partial charge is 0.382 e. The fourth-order valence-electron chi connectivity index (χ4n) is 2.73. The molecule has 0 aromatic heterocycles. The van der Waals surface area contributed by atoms with E-state index in [0.29, 0.717) is 12.6 Å². The number of hydrogen-bond acceptors (Lipinski definition) is 4. The van der Waals surface area contributed by atoms with Crippen molar-refractivity contribution in [3.63, 3.8) is 0 Å². The molecule has 1 aromatic carbocycles. The van der Waals surface area contributed by atoms with Crippen molar-refractivity contribution in [1.29, 1.82) is 0 Å². The third-order valence-electron chi connectivity index (χ3n) is 3.86. The SMILES string of the molecule is CCN1CCCC1CNc1ccccc1S(=O)(=O)C(F)F. The van der Waals surface area contributed by atoms with Crippen LogP contribution in [0.15, 0.2) is 29.2 Å². The Morgan fingerprint density at radius 3 is 2.76 bits per heavy atom. The molecule has 1 unspecified atom stereocenters. The Morgan fingerprint density at radius 1 is 1.38 bits per heavy atom. The van der Waals surface area contributed by atoms with Crippen molar-refractivity contribution in [3.8, 4) is 0 Å². The van der Waals surface area contributed by atoms with Crippen LogP contribution in [0.25, 0.3) is 0 Å². The van der Waals surface area contributed by atoms with Crippen LogP contribution in [-0.4, -0.2) is 44.8 Å². The summed E-state index contributed by atoms with van der Waals surface area (Å²) in [6.07, 6.45) is 2.14. The molecule has 0 aliphatic carbocycles. The molecule has 1 heterocycles. The summed E-state index contributed by atoms with van der Waals surface area (Å²) >= 11 is 0. The highest BCUT2D eigenvalue weighted by molar-refractivity contribution is 7.91. The molecule has 1 aliphatic rings. The summed E-state index contributed by atoms with van der Waals surface area (Å²) in [6, 6.07) is 6.15. The molecule has 1 saturated heterocycles. The Morgan fingerprint density at radius 2 is 2.10 bits per heavy atom. The molecule has 2 rings (SSSR count). The number of alkyl halides is 2. The highest BCUT2D eigenvalue weighted by Crippen LogP contribution is 2.26. The smallest absolute Gasteiger partial charge is 0.341 e. The standard InChI is InChI=1S/C14H20F2N2O2S/c1-2-18-9-5-6-11(18)10-17-12-7-3-4-8-13(12)21(19,20)14(15)16/h3-4,7-8,11,14,17H,2,5-6,9-10H2,1H3. The molecule has 21 heavy (non-hydrogen) atoms. The van der Waals surface area contributed by atoms with Gasteiger partial charge in [0.1, 0.15) is 0 Å². The van der Waals surface area contributed by atoms with Gasteiger partial charge in [-0.25, -0.2) is 8.42 Å². The zero-order valence-electron chi connectivity index (χ0n) is 11.9. The van der Waals surface area contributed by atoms with E-state index in [9.17, 15) is 17.2 Å². The van der Waals surface area contributed by atoms with E-state index < -0.39 is 15.6 Å². The van der Waals surface area contributed by atoms with Gasteiger partial charge in [-0.2, -0.15) is 8.78 Å². The minimum Gasteiger partial charge on any atom is -0.382 e. The first-order valence-corrected chi connectivity index (χ1v) is 8.60. The summed E-state index contributed by atoms with van der Waals surface area (Å²) in [5.74, 6) is -3.40. The lowest BCUT2D eigenvalue weighted by atomic mass is 10.2. The van der Waals surface area contributed by atoms with Gasteiger partial charge in [0.25, 0.3) is 0 Å². The molecule has 7 heteroatoms. The Balaban J connectivity index is 2.14. The van der Waals surface area contributed by atoms with Crippen LogP contribution in [0, 0.1) is 0 Å². The number of sulfone groups is 1. The van der Waals surface area contributed by atoms with Crippen molar-refractivity contribution in [2.45, 2.75) is 36.5 Å². The number of anilines is 1. The first kappa shape index (κ1) is 16.2. The van der Waals surface area contributed by atoms with E-state index in [1.807, 2.05) is 0 Å². The van der Waals surface area contributed by atoms with Gasteiger partial charge in [-0.3, -0.25) is 4.90 Å². The van der Waals surface area contributed by atoms with Crippen molar-refractivity contribution in [3.05, 3.63) is 24.3 Å². The van der Waals surface area contributed by atoms with Gasteiger partial charge in [-0.15, -0.1) is 0 Å². The van der Waals surface area contributed by atoms with Gasteiger partial charge in [0, 0.05) is 12.6 Å². The third-order valence-corrected chi connectivity index (χ3v) is 5.30. The molecule has 0 spiro atoms. The van der Waals surface area contributed by atoms with Gasteiger partial charge in [-0.05, 0) is 38.1 Å². The van der Waals surface area contributed by atoms with Gasteiger partial charge in [0.2, 0.25) is 9.84 Å². The van der Waals surface area contributed by atoms with Crippen molar-refractivity contribution >= 4 is 15.5 Å². The molecule has 0 bridgehead atoms. The van der Waals surface area contributed by atoms with Crippen LogP contribution in [0.4, 0.5) is 14.5 Å². The number of nitrogens with one attached hydrogen (secondary N) is 1. The number of likely N-dealkylation sites (tertiary alicyclic amines) is 1. The molecular formula is C14H20F2N2O2S. The molecule has 1 fully saturated rings. The number of benzene rings is 1. The van der Waals surface area contributed by atoms with Crippen LogP contribution in [0.3, 0.4) is 0 Å². The molecule has 0 radical (unpaired) electrons. The van der Waals surface area contributed by atoms with E-state index in [4.69, 9.17) is 0 Å². The van der Waals surface area contributed by atoms with Crippen molar-refractivity contribution in [1.82, 2.24) is 4.90 Å². The fraction of sp³-hybridized carbons (Fsp3) is 0.571. The van der Waals surface area contributed by atoms with Crippen LogP contribution in [0.5, 0.6) is 0 Å². The van der Waals surface area contributed by atoms with Gasteiger partial charge in [-0.1, -0.05) is 19.1 Å². The highest BCUT2D eigenvalue weighted by atomic mass is 32.2. The predicted octanol–water partition coefficient (Wildman–Crippen LogP) is 2.58. The summed E-state index contributed by atoms with van der Waals surface area (Å²) < 4.78 is 48.8. The van der Waals surface area contributed by atoms with E-state index in [2.05, 4.69) is 17.1 Å². The Labute approximate surface area is 124 Å². The maximum Gasteiger partial charge on any atom is 0.341 e. The van der Waals surface area contributed by atoms with Crippen molar-refractivity contribution < 1.29 is 17.2 Å². The van der Waals surface area contributed by atoms with E-state index >= 15 is 0 Å². The predicted molar refractivity (Wildman–Crippen MR) is 78.4 cm³/mol. The number of rotatable bonds is 6. The average molecular weight is 318 g/mol. The second-order valence-corrected chi connectivity index (χ2v) is 6.99. The van der Waals surface area contributed by atoms with Crippen molar-refractivity contribution in [2.24, 2.45) is 0 Å². The Hall–Kier alpha value is -1.21. The quantitative estimate of drug-likeness (QED) is 0.876. The maximum atomic E-state index is 12.7. The van der Waals surface area contributed by atoms with Gasteiger partial charge in [0.15, 0.2) is 0 Å². The molecule has 1 N–H and O–H groups in total. The topological polar surface area (TPSA) is 49.4 Å². The van der Waals surface area contributed by atoms with Crippen LogP contribution in [-0.2, 0) is 9.84 Å². The number of likely N-dealkylation sites (N-methyl/N-ethyl adjacent to an activating group) is 1. The zero-order chi connectivity index (χ0) is 15.5. The lowest BCUT2D eigenvalue weighted by Crippen LogP contribution is -2.34. The lowest BCUT2D eigenvalue weighted by Gasteiger charge is -2.24. The summed E-state index contributed by atoms with van der Waals surface area (Å²) in [6.45, 7) is 4.60. The number of halogens is 2. The van der Waals surface area contributed by atoms with Gasteiger partial charge < -0.3 is 5.32 Å². The van der Waals surface area contributed by atoms with Gasteiger partial charge in [0.05, 0.1) is 10.6 Å². The summed E-state index contributed by atoms with van der Waals surface area (Å²) in [4.78, 5) is 1.97. The molecular weight excluding hydrogens is 298 g/mol. The number of hydrogen-bond donors (Lipinski definition) is 1. The van der Waals surface area contributed by atoms with Crippen LogP contribution >= 0.6 is 0 Å². The second-order valence-electron chi connectivity index (χ2n) is 5.11. The van der Waals surface area contributed by atoms with E-state index in [1.54, 1.807) is 6.07 Å². The Kier molecular flexibility index (Phi) is 5.16. The van der Waals surface area contributed by atoms with Crippen LogP contribution < -0.4 is 5.32 Å². The van der Waals surface area contributed by atoms with Crippen LogP contribution in [0.2, 0.25) is 0 Å². The summed E-state index contributed by atoms with van der Waals surface area (Å²) in [5, 5.41) is 3.03. The van der Waals surface area contributed by atoms with Gasteiger partial charge >= 0.3 is 5.76 Å². The molecule has 1 aromatic rings. The number of para-hydroxylation sites is 1.